The van der Waals surface area contributed by atoms with Gasteiger partial charge >= 0.3 is 0 Å². The Morgan fingerprint density at radius 1 is 1.41 bits per heavy atom. The number of carbonyl (C=O) groups excluding carboxylic acids is 1. The number of nitrogens with one attached hydrogen (secondary N) is 1. The average molecular weight is 367 g/mol. The minimum Gasteiger partial charge on any atom is -0.355 e. The molecule has 2 rings (SSSR count). The van der Waals surface area contributed by atoms with Crippen LogP contribution in [0.1, 0.15) is 19.5 Å². The van der Waals surface area contributed by atoms with Crippen LogP contribution in [0, 0.1) is 0 Å². The molecule has 0 unspecified atom stereocenters. The summed E-state index contributed by atoms with van der Waals surface area (Å²) in [5, 5.41) is 2.77. The van der Waals surface area contributed by atoms with Gasteiger partial charge in [0.1, 0.15) is 5.65 Å². The highest BCUT2D eigenvalue weighted by Crippen LogP contribution is 2.10. The lowest BCUT2D eigenvalue weighted by atomic mass is 10.3. The molecule has 0 bridgehead atoms. The second-order valence-corrected chi connectivity index (χ2v) is 5.83. The number of rotatable bonds is 6. The highest BCUT2D eigenvalue weighted by molar-refractivity contribution is 9.10. The van der Waals surface area contributed by atoms with Crippen molar-refractivity contribution < 1.29 is 4.79 Å². The van der Waals surface area contributed by atoms with E-state index in [9.17, 15) is 9.59 Å². The maximum atomic E-state index is 12.2. The molecule has 0 saturated heterocycles. The fourth-order valence-corrected chi connectivity index (χ4v) is 2.51. The molecule has 0 aliphatic carbocycles. The van der Waals surface area contributed by atoms with Crippen LogP contribution in [0.5, 0.6) is 0 Å². The molecule has 0 aromatic carbocycles. The molecule has 2 aromatic rings. The summed E-state index contributed by atoms with van der Waals surface area (Å²) in [7, 11) is 0. The van der Waals surface area contributed by atoms with Crippen LogP contribution in [0.25, 0.3) is 5.65 Å². The Morgan fingerprint density at radius 3 is 2.86 bits per heavy atom. The zero-order valence-corrected chi connectivity index (χ0v) is 14.3. The molecular weight excluding hydrogens is 348 g/mol. The third-order valence-corrected chi connectivity index (χ3v) is 3.72. The van der Waals surface area contributed by atoms with Gasteiger partial charge in [-0.1, -0.05) is 6.92 Å². The lowest BCUT2D eigenvalue weighted by Gasteiger charge is -2.19. The standard InChI is InChI=1S/C15H19BrN4O2/c1-3-17-14(21)10-19(4-2)9-12-7-15(22)20-8-11(16)5-6-13(20)18-12/h5-8H,3-4,9-10H2,1-2H3,(H,17,21). The van der Waals surface area contributed by atoms with Crippen LogP contribution >= 0.6 is 15.9 Å². The summed E-state index contributed by atoms with van der Waals surface area (Å²) in [6.45, 7) is 5.95. The zero-order valence-electron chi connectivity index (χ0n) is 12.7. The van der Waals surface area contributed by atoms with Crippen molar-refractivity contribution >= 4 is 27.5 Å². The molecular formula is C15H19BrN4O2. The first-order chi connectivity index (χ1) is 10.5. The van der Waals surface area contributed by atoms with E-state index in [4.69, 9.17) is 0 Å². The summed E-state index contributed by atoms with van der Waals surface area (Å²) >= 11 is 3.34. The summed E-state index contributed by atoms with van der Waals surface area (Å²) in [4.78, 5) is 30.3. The van der Waals surface area contributed by atoms with E-state index in [1.165, 1.54) is 10.5 Å². The maximum absolute atomic E-state index is 12.2. The predicted octanol–water partition coefficient (Wildman–Crippen LogP) is 1.42. The first kappa shape index (κ1) is 16.6. The van der Waals surface area contributed by atoms with Gasteiger partial charge in [-0.3, -0.25) is 18.9 Å². The number of carbonyl (C=O) groups is 1. The third-order valence-electron chi connectivity index (χ3n) is 3.25. The van der Waals surface area contributed by atoms with Gasteiger partial charge in [-0.25, -0.2) is 4.98 Å². The van der Waals surface area contributed by atoms with Crippen molar-refractivity contribution in [1.29, 1.82) is 0 Å². The smallest absolute Gasteiger partial charge is 0.258 e. The van der Waals surface area contributed by atoms with Gasteiger partial charge in [0.2, 0.25) is 5.91 Å². The maximum Gasteiger partial charge on any atom is 0.258 e. The number of hydrogen-bond donors (Lipinski definition) is 1. The van der Waals surface area contributed by atoms with Crippen molar-refractivity contribution in [3.05, 3.63) is 44.9 Å². The van der Waals surface area contributed by atoms with Crippen molar-refractivity contribution in [2.45, 2.75) is 20.4 Å². The van der Waals surface area contributed by atoms with Gasteiger partial charge in [0.05, 0.1) is 12.2 Å². The number of pyridine rings is 1. The first-order valence-corrected chi connectivity index (χ1v) is 7.99. The summed E-state index contributed by atoms with van der Waals surface area (Å²) < 4.78 is 2.32. The van der Waals surface area contributed by atoms with E-state index in [1.807, 2.05) is 24.8 Å². The van der Waals surface area contributed by atoms with Gasteiger partial charge in [-0.05, 0) is 41.5 Å². The molecule has 0 fully saturated rings. The van der Waals surface area contributed by atoms with Gasteiger partial charge in [-0.15, -0.1) is 0 Å². The molecule has 1 N–H and O–H groups in total. The summed E-state index contributed by atoms with van der Waals surface area (Å²) in [5.41, 5.74) is 1.13. The normalized spacial score (nSPS) is 11.1. The molecule has 6 nitrogen and oxygen atoms in total. The van der Waals surface area contributed by atoms with Crippen LogP contribution in [0.3, 0.4) is 0 Å². The number of halogens is 1. The molecule has 1 amide bonds. The molecule has 0 saturated carbocycles. The monoisotopic (exact) mass is 366 g/mol. The molecule has 2 heterocycles. The molecule has 0 radical (unpaired) electrons. The van der Waals surface area contributed by atoms with Crippen LogP contribution < -0.4 is 10.9 Å². The molecule has 7 heteroatoms. The highest BCUT2D eigenvalue weighted by Gasteiger charge is 2.11. The third kappa shape index (κ3) is 4.14. The average Bonchev–Trinajstić information content (AvgIpc) is 2.47. The van der Waals surface area contributed by atoms with Crippen molar-refractivity contribution in [3.63, 3.8) is 0 Å². The predicted molar refractivity (Wildman–Crippen MR) is 88.8 cm³/mol. The minimum absolute atomic E-state index is 0.0224. The number of fused-ring (bicyclic) bond motifs is 1. The molecule has 118 valence electrons. The number of aromatic nitrogens is 2. The van der Waals surface area contributed by atoms with E-state index < -0.39 is 0 Å². The Hall–Kier alpha value is -1.73. The van der Waals surface area contributed by atoms with E-state index in [-0.39, 0.29) is 11.5 Å². The molecule has 22 heavy (non-hydrogen) atoms. The van der Waals surface area contributed by atoms with Crippen molar-refractivity contribution in [2.75, 3.05) is 19.6 Å². The fourth-order valence-electron chi connectivity index (χ4n) is 2.17. The summed E-state index contributed by atoms with van der Waals surface area (Å²) in [6, 6.07) is 5.15. The van der Waals surface area contributed by atoms with Crippen LogP contribution in [-0.2, 0) is 11.3 Å². The van der Waals surface area contributed by atoms with Gasteiger partial charge in [0.25, 0.3) is 5.56 Å². The molecule has 2 aromatic heterocycles. The number of likely N-dealkylation sites (N-methyl/N-ethyl adjacent to an activating group) is 2. The lowest BCUT2D eigenvalue weighted by Crippen LogP contribution is -2.37. The van der Waals surface area contributed by atoms with Gasteiger partial charge in [0, 0.05) is 29.8 Å². The lowest BCUT2D eigenvalue weighted by molar-refractivity contribution is -0.122. The number of nitrogens with zero attached hydrogens (tertiary/aromatic N) is 3. The van der Waals surface area contributed by atoms with Crippen LogP contribution in [0.15, 0.2) is 33.7 Å². The molecule has 0 aliphatic heterocycles. The zero-order chi connectivity index (χ0) is 16.1. The molecule has 0 aliphatic rings. The van der Waals surface area contributed by atoms with Crippen molar-refractivity contribution in [2.24, 2.45) is 0 Å². The molecule has 0 spiro atoms. The van der Waals surface area contributed by atoms with Gasteiger partial charge in [-0.2, -0.15) is 0 Å². The second-order valence-electron chi connectivity index (χ2n) is 4.92. The second kappa shape index (κ2) is 7.51. The van der Waals surface area contributed by atoms with Gasteiger partial charge in [0.15, 0.2) is 0 Å². The summed E-state index contributed by atoms with van der Waals surface area (Å²) in [6.07, 6.45) is 1.70. The van der Waals surface area contributed by atoms with Crippen LogP contribution in [0.2, 0.25) is 0 Å². The first-order valence-electron chi connectivity index (χ1n) is 7.20. The van der Waals surface area contributed by atoms with Crippen LogP contribution in [0.4, 0.5) is 0 Å². The van der Waals surface area contributed by atoms with Crippen molar-refractivity contribution in [1.82, 2.24) is 19.6 Å². The van der Waals surface area contributed by atoms with E-state index in [1.54, 1.807) is 12.3 Å². The Bertz CT molecular complexity index is 729. The topological polar surface area (TPSA) is 66.7 Å². The Labute approximate surface area is 137 Å². The molecule has 0 atom stereocenters. The Kier molecular flexibility index (Phi) is 5.68. The van der Waals surface area contributed by atoms with E-state index in [0.717, 1.165) is 4.47 Å². The SMILES string of the molecule is CCNC(=O)CN(CC)Cc1cc(=O)n2cc(Br)ccc2n1. The largest absolute Gasteiger partial charge is 0.355 e. The highest BCUT2D eigenvalue weighted by atomic mass is 79.9. The van der Waals surface area contributed by atoms with E-state index >= 15 is 0 Å². The van der Waals surface area contributed by atoms with Crippen LogP contribution in [-0.4, -0.2) is 39.8 Å². The number of amides is 1. The fraction of sp³-hybridized carbons (Fsp3) is 0.400. The number of hydrogen-bond acceptors (Lipinski definition) is 4. The quantitative estimate of drug-likeness (QED) is 0.839. The van der Waals surface area contributed by atoms with Crippen molar-refractivity contribution in [3.8, 4) is 0 Å². The Balaban J connectivity index is 2.21. The van der Waals surface area contributed by atoms with E-state index in [2.05, 4.69) is 26.2 Å². The van der Waals surface area contributed by atoms with E-state index in [0.29, 0.717) is 37.5 Å². The Morgan fingerprint density at radius 2 is 2.18 bits per heavy atom. The van der Waals surface area contributed by atoms with Gasteiger partial charge < -0.3 is 5.32 Å². The minimum atomic E-state index is -0.129. The summed E-state index contributed by atoms with van der Waals surface area (Å²) in [5.74, 6) is -0.0224.